The molecule has 0 amide bonds. The van der Waals surface area contributed by atoms with Gasteiger partial charge in [0.25, 0.3) is 0 Å². The molecule has 0 aromatic carbocycles. The molecule has 5 nitrogen and oxygen atoms in total. The third kappa shape index (κ3) is 3.15. The fourth-order valence-electron chi connectivity index (χ4n) is 2.39. The van der Waals surface area contributed by atoms with Crippen LogP contribution in [-0.4, -0.2) is 86.6 Å². The molecule has 1 unspecified atom stereocenters. The lowest BCUT2D eigenvalue weighted by Gasteiger charge is -2.43. The van der Waals surface area contributed by atoms with Gasteiger partial charge in [-0.1, -0.05) is 0 Å². The van der Waals surface area contributed by atoms with E-state index in [4.69, 9.17) is 4.74 Å². The second kappa shape index (κ2) is 5.93. The Balaban J connectivity index is 1.64. The first kappa shape index (κ1) is 12.3. The van der Waals surface area contributed by atoms with Gasteiger partial charge in [0.2, 0.25) is 0 Å². The standard InChI is InChI=1S/C11H23N3O2/c1-16-9-11(15)8-13-2-4-14(5-3-13)10-6-12-7-10/h10-12,15H,2-9H2,1H3. The molecule has 1 atom stereocenters. The summed E-state index contributed by atoms with van der Waals surface area (Å²) in [6, 6.07) is 0.756. The molecule has 0 spiro atoms. The van der Waals surface area contributed by atoms with Gasteiger partial charge in [-0.15, -0.1) is 0 Å². The lowest BCUT2D eigenvalue weighted by Crippen LogP contribution is -2.62. The summed E-state index contributed by atoms with van der Waals surface area (Å²) >= 11 is 0. The number of nitrogens with zero attached hydrogens (tertiary/aromatic N) is 2. The molecule has 2 rings (SSSR count). The zero-order valence-electron chi connectivity index (χ0n) is 10.1. The van der Waals surface area contributed by atoms with Crippen molar-refractivity contribution in [3.63, 3.8) is 0 Å². The SMILES string of the molecule is COCC(O)CN1CCN(C2CNC2)CC1. The van der Waals surface area contributed by atoms with E-state index in [-0.39, 0.29) is 6.10 Å². The Morgan fingerprint density at radius 3 is 2.50 bits per heavy atom. The topological polar surface area (TPSA) is 48.0 Å². The van der Waals surface area contributed by atoms with Gasteiger partial charge in [0, 0.05) is 59.0 Å². The Labute approximate surface area is 97.4 Å². The zero-order chi connectivity index (χ0) is 11.4. The van der Waals surface area contributed by atoms with Crippen molar-refractivity contribution >= 4 is 0 Å². The molecular weight excluding hydrogens is 206 g/mol. The lowest BCUT2D eigenvalue weighted by molar-refractivity contribution is 0.0135. The summed E-state index contributed by atoms with van der Waals surface area (Å²) in [4.78, 5) is 4.88. The first-order valence-corrected chi connectivity index (χ1v) is 6.13. The molecule has 2 saturated heterocycles. The molecule has 0 aliphatic carbocycles. The van der Waals surface area contributed by atoms with Crippen molar-refractivity contribution in [1.29, 1.82) is 0 Å². The van der Waals surface area contributed by atoms with Gasteiger partial charge in [-0.25, -0.2) is 0 Å². The molecular formula is C11H23N3O2. The Kier molecular flexibility index (Phi) is 4.55. The molecule has 0 saturated carbocycles. The molecule has 0 aromatic rings. The zero-order valence-corrected chi connectivity index (χ0v) is 10.1. The van der Waals surface area contributed by atoms with E-state index in [9.17, 15) is 5.11 Å². The largest absolute Gasteiger partial charge is 0.389 e. The van der Waals surface area contributed by atoms with Crippen LogP contribution < -0.4 is 5.32 Å². The van der Waals surface area contributed by atoms with Crippen LogP contribution in [0.3, 0.4) is 0 Å². The monoisotopic (exact) mass is 229 g/mol. The van der Waals surface area contributed by atoms with Gasteiger partial charge in [0.05, 0.1) is 12.7 Å². The second-order valence-corrected chi connectivity index (χ2v) is 4.76. The smallest absolute Gasteiger partial charge is 0.0900 e. The number of ether oxygens (including phenoxy) is 1. The van der Waals surface area contributed by atoms with E-state index in [1.807, 2.05) is 0 Å². The third-order valence-electron chi connectivity index (χ3n) is 3.51. The maximum atomic E-state index is 9.64. The van der Waals surface area contributed by atoms with E-state index < -0.39 is 0 Å². The minimum atomic E-state index is -0.345. The quantitative estimate of drug-likeness (QED) is 0.606. The predicted molar refractivity (Wildman–Crippen MR) is 62.6 cm³/mol. The van der Waals surface area contributed by atoms with Gasteiger partial charge >= 0.3 is 0 Å². The van der Waals surface area contributed by atoms with Crippen molar-refractivity contribution in [2.45, 2.75) is 12.1 Å². The summed E-state index contributed by atoms with van der Waals surface area (Å²) < 4.78 is 4.94. The van der Waals surface area contributed by atoms with Crippen molar-refractivity contribution < 1.29 is 9.84 Å². The second-order valence-electron chi connectivity index (χ2n) is 4.76. The van der Waals surface area contributed by atoms with Crippen molar-refractivity contribution in [2.75, 3.05) is 59.5 Å². The fraction of sp³-hybridized carbons (Fsp3) is 1.00. The average Bonchev–Trinajstić information content (AvgIpc) is 2.18. The molecule has 5 heteroatoms. The van der Waals surface area contributed by atoms with E-state index in [0.29, 0.717) is 6.61 Å². The molecule has 94 valence electrons. The summed E-state index contributed by atoms with van der Waals surface area (Å²) in [5, 5.41) is 13.0. The van der Waals surface area contributed by atoms with Crippen LogP contribution in [0.4, 0.5) is 0 Å². The lowest BCUT2D eigenvalue weighted by atomic mass is 10.1. The van der Waals surface area contributed by atoms with Gasteiger partial charge in [0.15, 0.2) is 0 Å². The Morgan fingerprint density at radius 1 is 1.31 bits per heavy atom. The molecule has 0 radical (unpaired) electrons. The maximum Gasteiger partial charge on any atom is 0.0900 e. The van der Waals surface area contributed by atoms with Crippen LogP contribution in [0.2, 0.25) is 0 Å². The number of nitrogens with one attached hydrogen (secondary N) is 1. The van der Waals surface area contributed by atoms with Crippen LogP contribution in [0.15, 0.2) is 0 Å². The number of hydrogen-bond donors (Lipinski definition) is 2. The van der Waals surface area contributed by atoms with Crippen LogP contribution in [0.5, 0.6) is 0 Å². The average molecular weight is 229 g/mol. The summed E-state index contributed by atoms with van der Waals surface area (Å²) in [7, 11) is 1.63. The number of methoxy groups -OCH3 is 1. The summed E-state index contributed by atoms with van der Waals surface area (Å²) in [6.45, 7) is 7.86. The number of hydrogen-bond acceptors (Lipinski definition) is 5. The molecule has 0 bridgehead atoms. The van der Waals surface area contributed by atoms with E-state index >= 15 is 0 Å². The van der Waals surface area contributed by atoms with Crippen LogP contribution >= 0.6 is 0 Å². The van der Waals surface area contributed by atoms with Crippen molar-refractivity contribution in [1.82, 2.24) is 15.1 Å². The highest BCUT2D eigenvalue weighted by Gasteiger charge is 2.27. The van der Waals surface area contributed by atoms with Crippen molar-refractivity contribution in [2.24, 2.45) is 0 Å². The minimum Gasteiger partial charge on any atom is -0.389 e. The van der Waals surface area contributed by atoms with Crippen LogP contribution in [0.25, 0.3) is 0 Å². The van der Waals surface area contributed by atoms with Gasteiger partial charge in [-0.2, -0.15) is 0 Å². The summed E-state index contributed by atoms with van der Waals surface area (Å²) in [5.41, 5.74) is 0. The number of aliphatic hydroxyl groups excluding tert-OH is 1. The van der Waals surface area contributed by atoms with Gasteiger partial charge in [-0.3, -0.25) is 9.80 Å². The van der Waals surface area contributed by atoms with Crippen molar-refractivity contribution in [3.05, 3.63) is 0 Å². The highest BCUT2D eigenvalue weighted by molar-refractivity contribution is 4.87. The van der Waals surface area contributed by atoms with Crippen molar-refractivity contribution in [3.8, 4) is 0 Å². The molecule has 2 N–H and O–H groups in total. The molecule has 16 heavy (non-hydrogen) atoms. The minimum absolute atomic E-state index is 0.345. The first-order valence-electron chi connectivity index (χ1n) is 6.13. The van der Waals surface area contributed by atoms with Gasteiger partial charge in [-0.05, 0) is 0 Å². The Bertz CT molecular complexity index is 203. The third-order valence-corrected chi connectivity index (χ3v) is 3.51. The number of rotatable bonds is 5. The molecule has 2 aliphatic heterocycles. The number of β-amino-alcohol motifs (C(OH)–C–C–N with tert-alkyl or cyclic N) is 1. The normalized spacial score (nSPS) is 26.6. The van der Waals surface area contributed by atoms with E-state index in [2.05, 4.69) is 15.1 Å². The predicted octanol–water partition coefficient (Wildman–Crippen LogP) is -1.42. The first-order chi connectivity index (χ1) is 7.79. The van der Waals surface area contributed by atoms with E-state index in [1.165, 1.54) is 0 Å². The van der Waals surface area contributed by atoms with E-state index in [1.54, 1.807) is 7.11 Å². The maximum absolute atomic E-state index is 9.64. The number of aliphatic hydroxyl groups is 1. The molecule has 2 aliphatic rings. The van der Waals surface area contributed by atoms with Gasteiger partial charge < -0.3 is 15.2 Å². The summed E-state index contributed by atoms with van der Waals surface area (Å²) in [6.07, 6.45) is -0.345. The van der Waals surface area contributed by atoms with Gasteiger partial charge in [0.1, 0.15) is 0 Å². The van der Waals surface area contributed by atoms with Crippen LogP contribution in [0, 0.1) is 0 Å². The fourth-order valence-corrected chi connectivity index (χ4v) is 2.39. The number of piperazine rings is 1. The Hall–Kier alpha value is -0.200. The highest BCUT2D eigenvalue weighted by atomic mass is 16.5. The van der Waals surface area contributed by atoms with Crippen LogP contribution in [0.1, 0.15) is 0 Å². The van der Waals surface area contributed by atoms with E-state index in [0.717, 1.165) is 51.9 Å². The highest BCUT2D eigenvalue weighted by Crippen LogP contribution is 2.09. The van der Waals surface area contributed by atoms with Crippen LogP contribution in [-0.2, 0) is 4.74 Å². The summed E-state index contributed by atoms with van der Waals surface area (Å²) in [5.74, 6) is 0. The molecule has 0 aromatic heterocycles. The molecule has 2 fully saturated rings. The molecule has 2 heterocycles. The Morgan fingerprint density at radius 2 is 2.00 bits per heavy atom.